The number of aromatic nitrogens is 2. The summed E-state index contributed by atoms with van der Waals surface area (Å²) in [5, 5.41) is 7.43. The number of hydrogen-bond acceptors (Lipinski definition) is 5. The van der Waals surface area contributed by atoms with Gasteiger partial charge in [-0.05, 0) is 67.5 Å². The van der Waals surface area contributed by atoms with E-state index < -0.39 is 29.7 Å². The first-order valence-electron chi connectivity index (χ1n) is 13.6. The van der Waals surface area contributed by atoms with Crippen LogP contribution >= 0.6 is 11.6 Å². The molecular formula is C30H35ClF2N6O3. The number of guanidine groups is 1. The lowest BCUT2D eigenvalue weighted by Gasteiger charge is -2.32. The monoisotopic (exact) mass is 600 g/mol. The third-order valence-corrected chi connectivity index (χ3v) is 7.22. The van der Waals surface area contributed by atoms with Crippen LogP contribution in [-0.2, 0) is 4.74 Å². The van der Waals surface area contributed by atoms with E-state index in [-0.39, 0.29) is 35.6 Å². The fourth-order valence-electron chi connectivity index (χ4n) is 4.20. The number of halogens is 3. The average Bonchev–Trinajstić information content (AvgIpc) is 3.37. The van der Waals surface area contributed by atoms with E-state index in [0.717, 1.165) is 29.9 Å². The molecule has 12 heteroatoms. The van der Waals surface area contributed by atoms with Crippen molar-refractivity contribution in [2.24, 2.45) is 16.1 Å². The smallest absolute Gasteiger partial charge is 0.407 e. The molecule has 2 amide bonds. The first kappa shape index (κ1) is 31.0. The molecule has 0 spiro atoms. The van der Waals surface area contributed by atoms with Crippen molar-refractivity contribution < 1.29 is 23.1 Å². The summed E-state index contributed by atoms with van der Waals surface area (Å²) in [4.78, 5) is 32.2. The van der Waals surface area contributed by atoms with Gasteiger partial charge in [0.1, 0.15) is 18.2 Å². The average molecular weight is 601 g/mol. The summed E-state index contributed by atoms with van der Waals surface area (Å²) in [5.41, 5.74) is 6.70. The summed E-state index contributed by atoms with van der Waals surface area (Å²) in [5.74, 6) is -2.89. The molecule has 2 aromatic carbocycles. The minimum atomic E-state index is -1.05. The van der Waals surface area contributed by atoms with Crippen molar-refractivity contribution in [3.63, 3.8) is 0 Å². The van der Waals surface area contributed by atoms with Crippen molar-refractivity contribution in [3.8, 4) is 5.69 Å². The zero-order valence-corrected chi connectivity index (χ0v) is 24.8. The summed E-state index contributed by atoms with van der Waals surface area (Å²) in [6, 6.07) is 8.11. The maximum absolute atomic E-state index is 14.2. The lowest BCUT2D eigenvalue weighted by Crippen LogP contribution is -2.47. The van der Waals surface area contributed by atoms with Gasteiger partial charge in [0.25, 0.3) is 5.91 Å². The molecule has 1 atom stereocenters. The molecule has 1 aliphatic rings. The molecule has 1 aliphatic carbocycles. The normalized spacial score (nSPS) is 15.2. The molecule has 42 heavy (non-hydrogen) atoms. The molecular weight excluding hydrogens is 566 g/mol. The third kappa shape index (κ3) is 8.06. The molecule has 1 heterocycles. The highest BCUT2D eigenvalue weighted by atomic mass is 35.5. The Morgan fingerprint density at radius 1 is 1.21 bits per heavy atom. The highest BCUT2D eigenvalue weighted by molar-refractivity contribution is 6.32. The second kappa shape index (κ2) is 12.5. The molecule has 0 radical (unpaired) electrons. The van der Waals surface area contributed by atoms with Crippen LogP contribution in [0.1, 0.15) is 68.9 Å². The Labute approximate surface area is 248 Å². The van der Waals surface area contributed by atoms with Crippen molar-refractivity contribution in [3.05, 3.63) is 82.6 Å². The fourth-order valence-corrected chi connectivity index (χ4v) is 4.40. The largest absolute Gasteiger partial charge is 0.447 e. The lowest BCUT2D eigenvalue weighted by atomic mass is 9.92. The number of alkyl carbamates (subject to hydrolysis) is 1. The molecule has 0 saturated heterocycles. The minimum Gasteiger partial charge on any atom is -0.447 e. The van der Waals surface area contributed by atoms with E-state index in [1.165, 1.54) is 0 Å². The van der Waals surface area contributed by atoms with Gasteiger partial charge >= 0.3 is 6.09 Å². The van der Waals surface area contributed by atoms with E-state index in [4.69, 9.17) is 22.1 Å². The standard InChI is InChI=1S/C30H35ClF2N6O3/c1-29(2,3)10-12-35-27(34)39(26(40)20-14-21(32)17-22(33)15-20)25(18-42-28(41)37-30(4)8-9-30)19-6-7-23(31)24(16-19)38-13-5-11-36-38/h5-7,11,13-17,25H,8-10,12,18H2,1-4H3,(H2,34,35)(H,37,41)/t25-/m1/s1. The molecule has 1 saturated carbocycles. The van der Waals surface area contributed by atoms with E-state index in [2.05, 4.69) is 15.4 Å². The third-order valence-electron chi connectivity index (χ3n) is 6.90. The van der Waals surface area contributed by atoms with Gasteiger partial charge in [0.15, 0.2) is 5.96 Å². The minimum absolute atomic E-state index is 0.0708. The van der Waals surface area contributed by atoms with Crippen LogP contribution in [-0.4, -0.2) is 51.3 Å². The number of nitrogens with two attached hydrogens (primary N) is 1. The number of rotatable bonds is 9. The van der Waals surface area contributed by atoms with Crippen molar-refractivity contribution in [2.75, 3.05) is 13.2 Å². The van der Waals surface area contributed by atoms with Crippen molar-refractivity contribution in [1.29, 1.82) is 0 Å². The van der Waals surface area contributed by atoms with Gasteiger partial charge in [0, 0.05) is 36.1 Å². The highest BCUT2D eigenvalue weighted by Crippen LogP contribution is 2.35. The molecule has 0 bridgehead atoms. The second-order valence-corrected chi connectivity index (χ2v) is 12.3. The molecule has 0 unspecified atom stereocenters. The first-order chi connectivity index (χ1) is 19.7. The quantitative estimate of drug-likeness (QED) is 0.230. The van der Waals surface area contributed by atoms with Gasteiger partial charge in [-0.1, -0.05) is 38.4 Å². The molecule has 4 rings (SSSR count). The molecule has 1 aromatic heterocycles. The van der Waals surface area contributed by atoms with E-state index in [1.807, 2.05) is 27.7 Å². The van der Waals surface area contributed by atoms with Gasteiger partial charge in [-0.15, -0.1) is 0 Å². The second-order valence-electron chi connectivity index (χ2n) is 11.8. The number of amides is 2. The molecule has 3 N–H and O–H groups in total. The number of ether oxygens (including phenoxy) is 1. The number of carbonyl (C=O) groups excluding carboxylic acids is 2. The predicted octanol–water partition coefficient (Wildman–Crippen LogP) is 6.02. The van der Waals surface area contributed by atoms with Crippen LogP contribution < -0.4 is 11.1 Å². The number of carbonyl (C=O) groups is 2. The topological polar surface area (TPSA) is 115 Å². The number of nitrogens with one attached hydrogen (secondary N) is 1. The van der Waals surface area contributed by atoms with Crippen LogP contribution in [0.15, 0.2) is 59.9 Å². The van der Waals surface area contributed by atoms with Gasteiger partial charge in [0.2, 0.25) is 0 Å². The molecule has 224 valence electrons. The number of hydrogen-bond donors (Lipinski definition) is 2. The Balaban J connectivity index is 1.79. The van der Waals surface area contributed by atoms with Crippen LogP contribution in [0.4, 0.5) is 13.6 Å². The number of benzene rings is 2. The van der Waals surface area contributed by atoms with Crippen molar-refractivity contribution in [2.45, 2.75) is 58.5 Å². The summed E-state index contributed by atoms with van der Waals surface area (Å²) in [7, 11) is 0. The van der Waals surface area contributed by atoms with Gasteiger partial charge in [0.05, 0.1) is 16.8 Å². The Morgan fingerprint density at radius 3 is 2.50 bits per heavy atom. The summed E-state index contributed by atoms with van der Waals surface area (Å²) >= 11 is 6.48. The number of nitrogens with zero attached hydrogens (tertiary/aromatic N) is 4. The van der Waals surface area contributed by atoms with Crippen molar-refractivity contribution >= 4 is 29.6 Å². The van der Waals surface area contributed by atoms with Crippen LogP contribution in [0, 0.1) is 17.0 Å². The molecule has 9 nitrogen and oxygen atoms in total. The van der Waals surface area contributed by atoms with Crippen LogP contribution in [0.5, 0.6) is 0 Å². The zero-order valence-electron chi connectivity index (χ0n) is 24.0. The van der Waals surface area contributed by atoms with E-state index in [0.29, 0.717) is 28.8 Å². The van der Waals surface area contributed by atoms with Gasteiger partial charge in [-0.2, -0.15) is 5.10 Å². The highest BCUT2D eigenvalue weighted by Gasteiger charge is 2.40. The van der Waals surface area contributed by atoms with Crippen LogP contribution in [0.2, 0.25) is 5.02 Å². The first-order valence-corrected chi connectivity index (χ1v) is 14.0. The molecule has 1 fully saturated rings. The Morgan fingerprint density at radius 2 is 1.90 bits per heavy atom. The zero-order chi connectivity index (χ0) is 30.7. The SMILES string of the molecule is CC(C)(C)CCN=C(N)N(C(=O)c1cc(F)cc(F)c1)[C@H](COC(=O)NC1(C)CC1)c1ccc(Cl)c(-n2cccn2)c1. The Bertz CT molecular complexity index is 1450. The maximum atomic E-state index is 14.2. The maximum Gasteiger partial charge on any atom is 0.407 e. The number of aliphatic imine (C=N–C) groups is 1. The Kier molecular flexibility index (Phi) is 9.20. The van der Waals surface area contributed by atoms with Gasteiger partial charge in [-0.25, -0.2) is 18.3 Å². The van der Waals surface area contributed by atoms with Gasteiger partial charge in [-0.3, -0.25) is 14.7 Å². The summed E-state index contributed by atoms with van der Waals surface area (Å²) in [6.07, 6.45) is 4.89. The Hall–Kier alpha value is -3.99. The summed E-state index contributed by atoms with van der Waals surface area (Å²) < 4.78 is 35.6. The predicted molar refractivity (Wildman–Crippen MR) is 157 cm³/mol. The fraction of sp³-hybridized carbons (Fsp3) is 0.400. The van der Waals surface area contributed by atoms with E-state index in [9.17, 15) is 18.4 Å². The summed E-state index contributed by atoms with van der Waals surface area (Å²) in [6.45, 7) is 7.95. The van der Waals surface area contributed by atoms with E-state index >= 15 is 0 Å². The molecule has 3 aromatic rings. The molecule has 0 aliphatic heterocycles. The van der Waals surface area contributed by atoms with Crippen LogP contribution in [0.3, 0.4) is 0 Å². The van der Waals surface area contributed by atoms with Gasteiger partial charge < -0.3 is 15.8 Å². The van der Waals surface area contributed by atoms with Crippen molar-refractivity contribution in [1.82, 2.24) is 20.0 Å². The van der Waals surface area contributed by atoms with E-state index in [1.54, 1.807) is 41.3 Å². The van der Waals surface area contributed by atoms with Crippen LogP contribution in [0.25, 0.3) is 5.69 Å². The lowest BCUT2D eigenvalue weighted by molar-refractivity contribution is 0.0696.